The zero-order chi connectivity index (χ0) is 22.9. The van der Waals surface area contributed by atoms with Crippen molar-refractivity contribution in [2.75, 3.05) is 6.61 Å². The molecular weight excluding hydrogens is 480 g/mol. The second-order valence-corrected chi connectivity index (χ2v) is 9.41. The molecule has 2 aliphatic rings. The van der Waals surface area contributed by atoms with Gasteiger partial charge in [-0.3, -0.25) is 0 Å². The van der Waals surface area contributed by atoms with E-state index in [-0.39, 0.29) is 18.4 Å². The van der Waals surface area contributed by atoms with Crippen molar-refractivity contribution in [1.82, 2.24) is 5.01 Å². The van der Waals surface area contributed by atoms with E-state index in [0.29, 0.717) is 6.61 Å². The Morgan fingerprint density at radius 1 is 1.03 bits per heavy atom. The Labute approximate surface area is 203 Å². The molecular formula is C27H27BrN2O3. The van der Waals surface area contributed by atoms with Crippen LogP contribution in [0.15, 0.2) is 76.3 Å². The molecule has 0 radical (unpaired) electrons. The minimum absolute atomic E-state index is 0.101. The van der Waals surface area contributed by atoms with Gasteiger partial charge in [0.15, 0.2) is 0 Å². The first-order chi connectivity index (χ1) is 16.0. The minimum atomic E-state index is -0.305. The lowest BCUT2D eigenvalue weighted by Crippen LogP contribution is -2.33. The summed E-state index contributed by atoms with van der Waals surface area (Å²) in [6.07, 6.45) is 0.654. The van der Waals surface area contributed by atoms with Crippen LogP contribution in [0.2, 0.25) is 0 Å². The van der Waals surface area contributed by atoms with Gasteiger partial charge < -0.3 is 14.2 Å². The van der Waals surface area contributed by atoms with E-state index in [2.05, 4.69) is 51.3 Å². The third-order valence-electron chi connectivity index (χ3n) is 5.79. The SMILES string of the molecule is CCOc1ccc([C@@H]2Oc3ccc(Br)cc3[C@H]3CC(c4ccc(OC(C)C)cc4)=NN32)cc1. The van der Waals surface area contributed by atoms with Gasteiger partial charge in [0.1, 0.15) is 17.2 Å². The van der Waals surface area contributed by atoms with Gasteiger partial charge in [0.05, 0.1) is 24.5 Å². The van der Waals surface area contributed by atoms with Crippen molar-refractivity contribution in [3.63, 3.8) is 0 Å². The zero-order valence-corrected chi connectivity index (χ0v) is 20.6. The number of hydrogen-bond donors (Lipinski definition) is 0. The maximum absolute atomic E-state index is 6.47. The van der Waals surface area contributed by atoms with E-state index in [0.717, 1.165) is 50.5 Å². The molecule has 5 nitrogen and oxygen atoms in total. The second kappa shape index (κ2) is 9.10. The van der Waals surface area contributed by atoms with E-state index < -0.39 is 0 Å². The highest BCUT2D eigenvalue weighted by Gasteiger charge is 2.41. The molecule has 2 aliphatic heterocycles. The minimum Gasteiger partial charge on any atom is -0.494 e. The normalized spacial score (nSPS) is 18.9. The summed E-state index contributed by atoms with van der Waals surface area (Å²) in [4.78, 5) is 0. The first-order valence-electron chi connectivity index (χ1n) is 11.3. The Balaban J connectivity index is 1.49. The average molecular weight is 507 g/mol. The Bertz CT molecular complexity index is 1160. The van der Waals surface area contributed by atoms with E-state index in [4.69, 9.17) is 19.3 Å². The lowest BCUT2D eigenvalue weighted by Gasteiger charge is -2.38. The fourth-order valence-electron chi connectivity index (χ4n) is 4.35. The van der Waals surface area contributed by atoms with Gasteiger partial charge in [0, 0.05) is 22.0 Å². The topological polar surface area (TPSA) is 43.3 Å². The summed E-state index contributed by atoms with van der Waals surface area (Å²) in [5.74, 6) is 2.62. The Morgan fingerprint density at radius 3 is 2.45 bits per heavy atom. The number of benzene rings is 3. The van der Waals surface area contributed by atoms with Crippen molar-refractivity contribution in [2.24, 2.45) is 5.10 Å². The van der Waals surface area contributed by atoms with Crippen LogP contribution in [0, 0.1) is 0 Å². The van der Waals surface area contributed by atoms with Crippen molar-refractivity contribution in [1.29, 1.82) is 0 Å². The van der Waals surface area contributed by atoms with Crippen molar-refractivity contribution in [2.45, 2.75) is 45.6 Å². The molecule has 0 unspecified atom stereocenters. The van der Waals surface area contributed by atoms with E-state index in [1.807, 2.05) is 57.2 Å². The van der Waals surface area contributed by atoms with Crippen LogP contribution < -0.4 is 14.2 Å². The van der Waals surface area contributed by atoms with Crippen LogP contribution in [0.3, 0.4) is 0 Å². The summed E-state index contributed by atoms with van der Waals surface area (Å²) in [6, 6.07) is 22.6. The third-order valence-corrected chi connectivity index (χ3v) is 6.28. The van der Waals surface area contributed by atoms with Crippen molar-refractivity contribution >= 4 is 21.6 Å². The van der Waals surface area contributed by atoms with Crippen LogP contribution in [0.4, 0.5) is 0 Å². The third kappa shape index (κ3) is 4.44. The first kappa shape index (κ1) is 21.8. The fourth-order valence-corrected chi connectivity index (χ4v) is 4.72. The lowest BCUT2D eigenvalue weighted by molar-refractivity contribution is -0.0191. The number of hydrazone groups is 1. The van der Waals surface area contributed by atoms with Crippen LogP contribution in [0.1, 0.15) is 56.2 Å². The van der Waals surface area contributed by atoms with E-state index in [1.165, 1.54) is 0 Å². The van der Waals surface area contributed by atoms with E-state index in [1.54, 1.807) is 0 Å². The molecule has 3 aromatic rings. The van der Waals surface area contributed by atoms with E-state index >= 15 is 0 Å². The summed E-state index contributed by atoms with van der Waals surface area (Å²) in [7, 11) is 0. The molecule has 170 valence electrons. The standard InChI is InChI=1S/C27H27BrN2O3/c1-4-31-21-10-7-19(8-11-21)27-30-25(23-15-20(28)9-14-26(23)33-27)16-24(29-30)18-5-12-22(13-6-18)32-17(2)3/h5-15,17,25,27H,4,16H2,1-3H3/t25-,27+/m1/s1. The average Bonchev–Trinajstić information content (AvgIpc) is 3.25. The molecule has 33 heavy (non-hydrogen) atoms. The monoisotopic (exact) mass is 506 g/mol. The van der Waals surface area contributed by atoms with Crippen LogP contribution in [0.5, 0.6) is 17.2 Å². The molecule has 0 bridgehead atoms. The van der Waals surface area contributed by atoms with Crippen molar-refractivity contribution in [3.05, 3.63) is 87.9 Å². The van der Waals surface area contributed by atoms with Crippen LogP contribution in [-0.2, 0) is 0 Å². The van der Waals surface area contributed by atoms with Gasteiger partial charge in [-0.1, -0.05) is 15.9 Å². The van der Waals surface area contributed by atoms with Crippen LogP contribution in [-0.4, -0.2) is 23.4 Å². The predicted molar refractivity (Wildman–Crippen MR) is 133 cm³/mol. The molecule has 5 rings (SSSR count). The van der Waals surface area contributed by atoms with Gasteiger partial charge in [-0.15, -0.1) is 0 Å². The molecule has 0 saturated heterocycles. The van der Waals surface area contributed by atoms with E-state index in [9.17, 15) is 0 Å². The molecule has 0 N–H and O–H groups in total. The van der Waals surface area contributed by atoms with Gasteiger partial charge in [0.25, 0.3) is 0 Å². The molecule has 0 saturated carbocycles. The highest BCUT2D eigenvalue weighted by Crippen LogP contribution is 2.48. The predicted octanol–water partition coefficient (Wildman–Crippen LogP) is 6.88. The Morgan fingerprint density at radius 2 is 1.76 bits per heavy atom. The molecule has 0 aliphatic carbocycles. The molecule has 3 aromatic carbocycles. The number of nitrogens with zero attached hydrogens (tertiary/aromatic N) is 2. The molecule has 2 atom stereocenters. The van der Waals surface area contributed by atoms with Crippen LogP contribution >= 0.6 is 15.9 Å². The number of halogens is 1. The smallest absolute Gasteiger partial charge is 0.213 e. The van der Waals surface area contributed by atoms with Gasteiger partial charge in [-0.05, 0) is 93.1 Å². The Kier molecular flexibility index (Phi) is 6.02. The summed E-state index contributed by atoms with van der Waals surface area (Å²) in [5.41, 5.74) is 4.33. The lowest BCUT2D eigenvalue weighted by atomic mass is 9.96. The highest BCUT2D eigenvalue weighted by atomic mass is 79.9. The number of fused-ring (bicyclic) bond motifs is 3. The largest absolute Gasteiger partial charge is 0.494 e. The molecule has 6 heteroatoms. The van der Waals surface area contributed by atoms with Crippen molar-refractivity contribution < 1.29 is 14.2 Å². The van der Waals surface area contributed by atoms with Gasteiger partial charge in [-0.25, -0.2) is 5.01 Å². The zero-order valence-electron chi connectivity index (χ0n) is 19.0. The van der Waals surface area contributed by atoms with Gasteiger partial charge >= 0.3 is 0 Å². The highest BCUT2D eigenvalue weighted by molar-refractivity contribution is 9.10. The summed E-state index contributed by atoms with van der Waals surface area (Å²) in [5, 5.41) is 7.15. The molecule has 0 aromatic heterocycles. The molecule has 0 spiro atoms. The van der Waals surface area contributed by atoms with Gasteiger partial charge in [-0.2, -0.15) is 5.10 Å². The molecule has 2 heterocycles. The maximum Gasteiger partial charge on any atom is 0.213 e. The van der Waals surface area contributed by atoms with Crippen molar-refractivity contribution in [3.8, 4) is 17.2 Å². The summed E-state index contributed by atoms with van der Waals surface area (Å²) in [6.45, 7) is 6.69. The maximum atomic E-state index is 6.47. The second-order valence-electron chi connectivity index (χ2n) is 8.49. The summed E-state index contributed by atoms with van der Waals surface area (Å²) < 4.78 is 18.9. The Hall–Kier alpha value is -2.99. The molecule has 0 amide bonds. The van der Waals surface area contributed by atoms with Crippen LogP contribution in [0.25, 0.3) is 0 Å². The number of hydrogen-bond acceptors (Lipinski definition) is 5. The quantitative estimate of drug-likeness (QED) is 0.365. The molecule has 0 fully saturated rings. The number of rotatable bonds is 6. The first-order valence-corrected chi connectivity index (χ1v) is 12.1. The summed E-state index contributed by atoms with van der Waals surface area (Å²) >= 11 is 3.62. The number of ether oxygens (including phenoxy) is 3. The fraction of sp³-hybridized carbons (Fsp3) is 0.296. The van der Waals surface area contributed by atoms with Gasteiger partial charge in [0.2, 0.25) is 6.23 Å².